The molecule has 4 rings (SSSR count). The van der Waals surface area contributed by atoms with Crippen LogP contribution in [0.15, 0.2) is 78.9 Å². The van der Waals surface area contributed by atoms with Crippen molar-refractivity contribution in [2.75, 3.05) is 0 Å². The number of hydrazone groups is 1. The van der Waals surface area contributed by atoms with Crippen LogP contribution in [0.3, 0.4) is 0 Å². The zero-order chi connectivity index (χ0) is 21.1. The SMILES string of the molecule is Cc1ccccc1/C=[N+]1\NC(=O)[C@@H](NC(=O)c2ccccc2)[C@H]1c1ccc(Cl)cc1. The molecular formula is C24H21ClN3O2+. The number of hydrogen-bond acceptors (Lipinski definition) is 2. The van der Waals surface area contributed by atoms with Gasteiger partial charge in [-0.05, 0) is 42.8 Å². The Morgan fingerprint density at radius 1 is 1.00 bits per heavy atom. The smallest absolute Gasteiger partial charge is 0.304 e. The summed E-state index contributed by atoms with van der Waals surface area (Å²) >= 11 is 6.06. The molecule has 2 N–H and O–H groups in total. The van der Waals surface area contributed by atoms with Gasteiger partial charge in [-0.3, -0.25) is 9.59 Å². The third-order valence-electron chi connectivity index (χ3n) is 5.14. The first-order valence-electron chi connectivity index (χ1n) is 9.63. The number of carbonyl (C=O) groups is 2. The van der Waals surface area contributed by atoms with Gasteiger partial charge in [0, 0.05) is 21.7 Å². The van der Waals surface area contributed by atoms with E-state index in [1.807, 2.05) is 55.6 Å². The molecule has 2 amide bonds. The lowest BCUT2D eigenvalue weighted by Gasteiger charge is -2.15. The minimum absolute atomic E-state index is 0.274. The minimum Gasteiger partial charge on any atom is -0.334 e. The monoisotopic (exact) mass is 418 g/mol. The van der Waals surface area contributed by atoms with E-state index < -0.39 is 12.1 Å². The van der Waals surface area contributed by atoms with Gasteiger partial charge in [-0.2, -0.15) is 0 Å². The second-order valence-electron chi connectivity index (χ2n) is 7.18. The number of amides is 2. The van der Waals surface area contributed by atoms with E-state index in [4.69, 9.17) is 11.6 Å². The van der Waals surface area contributed by atoms with E-state index in [1.54, 1.807) is 41.1 Å². The molecule has 2 atom stereocenters. The Morgan fingerprint density at radius 3 is 2.37 bits per heavy atom. The third kappa shape index (κ3) is 4.11. The van der Waals surface area contributed by atoms with Crippen molar-refractivity contribution in [3.63, 3.8) is 0 Å². The topological polar surface area (TPSA) is 61.2 Å². The van der Waals surface area contributed by atoms with Crippen LogP contribution in [-0.4, -0.2) is 28.8 Å². The summed E-state index contributed by atoms with van der Waals surface area (Å²) < 4.78 is 1.75. The van der Waals surface area contributed by atoms with E-state index in [0.717, 1.165) is 16.7 Å². The van der Waals surface area contributed by atoms with E-state index in [0.29, 0.717) is 10.6 Å². The third-order valence-corrected chi connectivity index (χ3v) is 5.39. The maximum Gasteiger partial charge on any atom is 0.304 e. The summed E-state index contributed by atoms with van der Waals surface area (Å²) in [5.74, 6) is -0.573. The molecule has 0 aliphatic carbocycles. The van der Waals surface area contributed by atoms with E-state index >= 15 is 0 Å². The summed E-state index contributed by atoms with van der Waals surface area (Å²) in [5.41, 5.74) is 6.31. The molecule has 150 valence electrons. The second-order valence-corrected chi connectivity index (χ2v) is 7.62. The number of nitrogens with one attached hydrogen (secondary N) is 2. The van der Waals surface area contributed by atoms with Gasteiger partial charge >= 0.3 is 5.91 Å². The molecule has 0 spiro atoms. The Bertz CT molecular complexity index is 1110. The van der Waals surface area contributed by atoms with Crippen LogP contribution >= 0.6 is 11.6 Å². The maximum atomic E-state index is 12.9. The van der Waals surface area contributed by atoms with Gasteiger partial charge in [0.2, 0.25) is 12.3 Å². The molecule has 0 unspecified atom stereocenters. The quantitative estimate of drug-likeness (QED) is 0.635. The van der Waals surface area contributed by atoms with E-state index in [-0.39, 0.29) is 11.8 Å². The van der Waals surface area contributed by atoms with E-state index in [9.17, 15) is 9.59 Å². The lowest BCUT2D eigenvalue weighted by atomic mass is 9.99. The van der Waals surface area contributed by atoms with Crippen molar-refractivity contribution in [3.05, 3.63) is 106 Å². The lowest BCUT2D eigenvalue weighted by molar-refractivity contribution is -0.596. The molecule has 5 nitrogen and oxygen atoms in total. The number of hydrazine groups is 1. The summed E-state index contributed by atoms with van der Waals surface area (Å²) in [6.07, 6.45) is 1.89. The van der Waals surface area contributed by atoms with Crippen molar-refractivity contribution >= 4 is 29.6 Å². The van der Waals surface area contributed by atoms with Crippen LogP contribution in [0, 0.1) is 6.92 Å². The first kappa shape index (κ1) is 19.9. The number of aryl methyl sites for hydroxylation is 1. The number of halogens is 1. The Morgan fingerprint density at radius 2 is 1.67 bits per heavy atom. The van der Waals surface area contributed by atoms with Crippen molar-refractivity contribution < 1.29 is 14.3 Å². The number of carbonyl (C=O) groups excluding carboxylic acids is 2. The molecule has 1 fully saturated rings. The highest BCUT2D eigenvalue weighted by Crippen LogP contribution is 2.27. The number of nitrogens with zero attached hydrogens (tertiary/aromatic N) is 1. The standard InChI is InChI=1S/C24H20ClN3O2/c1-16-7-5-6-10-19(16)15-28-22(17-11-13-20(25)14-12-17)21(24(30)27-28)26-23(29)18-8-3-2-4-9-18/h2-15,21-22H,1H3,(H-,26,27,29,30)/p+1/b28-15-/t21-,22+/m0/s1. The highest BCUT2D eigenvalue weighted by Gasteiger charge is 2.47. The molecule has 0 aromatic heterocycles. The fraction of sp³-hybridized carbons (Fsp3) is 0.125. The van der Waals surface area contributed by atoms with Crippen LogP contribution in [0.2, 0.25) is 5.02 Å². The van der Waals surface area contributed by atoms with Gasteiger partial charge in [0.1, 0.15) is 0 Å². The molecular weight excluding hydrogens is 398 g/mol. The highest BCUT2D eigenvalue weighted by atomic mass is 35.5. The largest absolute Gasteiger partial charge is 0.334 e. The first-order valence-corrected chi connectivity index (χ1v) is 10.0. The van der Waals surface area contributed by atoms with Gasteiger partial charge in [0.15, 0.2) is 6.04 Å². The Kier molecular flexibility index (Phi) is 5.63. The molecule has 30 heavy (non-hydrogen) atoms. The second kappa shape index (κ2) is 8.51. The van der Waals surface area contributed by atoms with Crippen LogP contribution in [0.25, 0.3) is 0 Å². The van der Waals surface area contributed by atoms with Gasteiger partial charge in [-0.1, -0.05) is 60.1 Å². The zero-order valence-corrected chi connectivity index (χ0v) is 17.1. The molecule has 3 aromatic carbocycles. The van der Waals surface area contributed by atoms with Crippen LogP contribution in [0.1, 0.15) is 33.1 Å². The van der Waals surface area contributed by atoms with Gasteiger partial charge in [-0.25, -0.2) is 0 Å². The fourth-order valence-electron chi connectivity index (χ4n) is 3.54. The predicted molar refractivity (Wildman–Crippen MR) is 117 cm³/mol. The first-order chi connectivity index (χ1) is 14.5. The lowest BCUT2D eigenvalue weighted by Crippen LogP contribution is -2.42. The normalized spacial score (nSPS) is 19.5. The van der Waals surface area contributed by atoms with Crippen LogP contribution in [0.5, 0.6) is 0 Å². The molecule has 3 aromatic rings. The Hall–Kier alpha value is -3.44. The van der Waals surface area contributed by atoms with Gasteiger partial charge < -0.3 is 5.32 Å². The predicted octanol–water partition coefficient (Wildman–Crippen LogP) is 3.66. The van der Waals surface area contributed by atoms with Crippen molar-refractivity contribution in [1.29, 1.82) is 0 Å². The molecule has 1 aliphatic heterocycles. The number of rotatable bonds is 4. The molecule has 0 radical (unpaired) electrons. The fourth-order valence-corrected chi connectivity index (χ4v) is 3.66. The molecule has 1 saturated heterocycles. The Labute approximate surface area is 180 Å². The van der Waals surface area contributed by atoms with Crippen molar-refractivity contribution in [2.45, 2.75) is 19.0 Å². The highest BCUT2D eigenvalue weighted by molar-refractivity contribution is 6.30. The molecule has 1 aliphatic rings. The summed E-state index contributed by atoms with van der Waals surface area (Å²) in [6, 6.07) is 22.9. The molecule has 1 heterocycles. The van der Waals surface area contributed by atoms with E-state index in [2.05, 4.69) is 10.7 Å². The van der Waals surface area contributed by atoms with Crippen LogP contribution in [-0.2, 0) is 4.79 Å². The van der Waals surface area contributed by atoms with Crippen molar-refractivity contribution in [2.24, 2.45) is 0 Å². The Balaban J connectivity index is 1.73. The molecule has 0 saturated carbocycles. The van der Waals surface area contributed by atoms with Gasteiger partial charge in [-0.15, -0.1) is 10.1 Å². The maximum absolute atomic E-state index is 12.9. The average molecular weight is 419 g/mol. The molecule has 0 bridgehead atoms. The van der Waals surface area contributed by atoms with Crippen molar-refractivity contribution in [1.82, 2.24) is 10.7 Å². The summed E-state index contributed by atoms with van der Waals surface area (Å²) in [4.78, 5) is 25.6. The van der Waals surface area contributed by atoms with Gasteiger partial charge in [0.05, 0.1) is 0 Å². The van der Waals surface area contributed by atoms with Gasteiger partial charge in [0.25, 0.3) is 5.91 Å². The van der Waals surface area contributed by atoms with Crippen molar-refractivity contribution in [3.8, 4) is 0 Å². The van der Waals surface area contributed by atoms with Crippen LogP contribution in [0.4, 0.5) is 0 Å². The summed E-state index contributed by atoms with van der Waals surface area (Å²) in [5, 5.41) is 3.50. The zero-order valence-electron chi connectivity index (χ0n) is 16.4. The number of hydrogen-bond donors (Lipinski definition) is 2. The summed E-state index contributed by atoms with van der Waals surface area (Å²) in [7, 11) is 0. The van der Waals surface area contributed by atoms with Crippen LogP contribution < -0.4 is 10.7 Å². The summed E-state index contributed by atoms with van der Waals surface area (Å²) in [6.45, 7) is 2.01. The molecule has 6 heteroatoms. The van der Waals surface area contributed by atoms with E-state index in [1.165, 1.54) is 0 Å². The average Bonchev–Trinajstić information content (AvgIpc) is 3.05. The number of benzene rings is 3. The minimum atomic E-state index is -0.765.